The van der Waals surface area contributed by atoms with Gasteiger partial charge in [-0.1, -0.05) is 294 Å². The van der Waals surface area contributed by atoms with Crippen molar-refractivity contribution in [2.45, 2.75) is 354 Å². The van der Waals surface area contributed by atoms with E-state index < -0.39 is 12.6 Å². The Kier molecular flexibility index (Phi) is 40.1. The molecule has 2 aliphatic heterocycles. The van der Waals surface area contributed by atoms with Crippen molar-refractivity contribution in [1.82, 2.24) is 29.9 Å². The van der Waals surface area contributed by atoms with Crippen LogP contribution in [0.25, 0.3) is 6.08 Å². The lowest BCUT2D eigenvalue weighted by Gasteiger charge is -2.30. The van der Waals surface area contributed by atoms with Gasteiger partial charge in [0.1, 0.15) is 5.82 Å². The molecular weight excluding hydrogens is 1480 g/mol. The van der Waals surface area contributed by atoms with Gasteiger partial charge in [0.25, 0.3) is 0 Å². The Morgan fingerprint density at radius 1 is 0.358 bits per heavy atom. The number of aryl methyl sites for hydroxylation is 2. The number of benzene rings is 3. The summed E-state index contributed by atoms with van der Waals surface area (Å²) in [5.41, 5.74) is 23.4. The number of hydrogen-bond donors (Lipinski definition) is 0. The molecule has 0 atom stereocenters. The van der Waals surface area contributed by atoms with E-state index in [2.05, 4.69) is 366 Å². The molecule has 3 aromatic carbocycles. The quantitative estimate of drug-likeness (QED) is 0.134. The van der Waals surface area contributed by atoms with Crippen molar-refractivity contribution < 1.29 is 13.2 Å². The lowest BCUT2D eigenvalue weighted by Crippen LogP contribution is -2.30. The maximum atomic E-state index is 12.0. The van der Waals surface area contributed by atoms with Crippen molar-refractivity contribution in [1.29, 1.82) is 0 Å². The maximum absolute atomic E-state index is 12.0. The van der Waals surface area contributed by atoms with Gasteiger partial charge in [-0.25, -0.2) is 4.98 Å². The molecule has 12 rings (SSSR count). The fourth-order valence-electron chi connectivity index (χ4n) is 13.8. The van der Waals surface area contributed by atoms with Crippen molar-refractivity contribution in [2.24, 2.45) is 5.92 Å². The minimum Gasteiger partial charge on any atom is -0.372 e. The summed E-state index contributed by atoms with van der Waals surface area (Å²) in [5.74, 6) is 1.84. The third-order valence-corrected chi connectivity index (χ3v) is 21.5. The first kappa shape index (κ1) is 104. The summed E-state index contributed by atoms with van der Waals surface area (Å²) < 4.78 is 36.1. The summed E-state index contributed by atoms with van der Waals surface area (Å²) in [6, 6.07) is 51.5. The largest absolute Gasteiger partial charge is 0.389 e. The Labute approximate surface area is 730 Å². The maximum Gasteiger partial charge on any atom is 0.389 e. The summed E-state index contributed by atoms with van der Waals surface area (Å²) in [6.07, 6.45) is 24.2. The standard InChI is InChI=1S/C16H19N.C15H23N.C14H22N2.2C13H21N.C13H16.C12H16F3N.C12H19N.CH4/c1-16(2,3)14-9-10-17-15(12-14)11-13-7-5-4-6-8-13;1-15(2,3)13-8-7-9-14(12-13)16-10-5-4-6-11-16;1-14(2,3)12-7-8-15-13(11-12)16-9-5-4-6-10-16;1-12(2,3)10-7-8-14-11(9-10)13(4,5)6;1-10(2)8-12-9-11(6-7-14-12)13(3,4)5;1-13(2,3)12-9-5-7-10-6-4-8-11(10)12;1-11(2,3)9-5-7-16-10(8-9)4-6-12(13,14)15;1-5-6-11-9-10(7-8-13-11)12(2,3)4;/h4-10,12H,11H2,1-3H3;7-9,12H,4-6,10-11H2,1-3H3;7-8,11H,4-6,9-10H2,1-3H3;7-9H,1-6H3;6-7,9-10H,8H2,1-5H3;4-5,7-9H,6H2,1-3H3;5,7-8H,4,6H2,1-3H3;7-9H,5-6H2,1-4H3;1H4. The number of pyridine rings is 6. The Bertz CT molecular complexity index is 4370. The molecule has 2 fully saturated rings. The van der Waals surface area contributed by atoms with Crippen LogP contribution < -0.4 is 9.80 Å². The van der Waals surface area contributed by atoms with E-state index in [1.54, 1.807) is 12.3 Å². The van der Waals surface area contributed by atoms with Gasteiger partial charge in [0.2, 0.25) is 0 Å². The molecule has 0 spiro atoms. The van der Waals surface area contributed by atoms with Crippen molar-refractivity contribution in [3.8, 4) is 0 Å². The van der Waals surface area contributed by atoms with E-state index in [4.69, 9.17) is 0 Å². The van der Waals surface area contributed by atoms with Crippen molar-refractivity contribution in [2.75, 3.05) is 36.0 Å². The molecule has 0 N–H and O–H groups in total. The molecule has 11 heteroatoms. The Morgan fingerprint density at radius 3 is 1.19 bits per heavy atom. The van der Waals surface area contributed by atoms with E-state index >= 15 is 0 Å². The van der Waals surface area contributed by atoms with Crippen molar-refractivity contribution in [3.05, 3.63) is 279 Å². The third kappa shape index (κ3) is 38.0. The summed E-state index contributed by atoms with van der Waals surface area (Å²) in [7, 11) is 0. The molecular formula is C109H161F3N8. The van der Waals surface area contributed by atoms with Crippen molar-refractivity contribution in [3.63, 3.8) is 0 Å². The lowest BCUT2D eigenvalue weighted by molar-refractivity contribution is -0.134. The lowest BCUT2D eigenvalue weighted by atomic mass is 9.83. The molecule has 9 aromatic rings. The SMILES string of the molecule is C.CC(C)(C)c1cccc(N2CCCCC2)c1.CC(C)(C)c1cccc2c1C=CC2.CC(C)(C)c1ccnc(C(C)(C)C)c1.CC(C)(C)c1ccnc(CCC(F)(F)F)c1.CC(C)(C)c1ccnc(Cc2ccccc2)c1.CC(C)(C)c1ccnc(N2CCCCC2)c1.CC(C)Cc1cc(C(C)(C)C)ccn1.CCCc1cc(C(C)(C)C)ccn1. The van der Waals surface area contributed by atoms with Gasteiger partial charge in [0.15, 0.2) is 0 Å². The molecule has 8 heterocycles. The number of hydrogen-bond acceptors (Lipinski definition) is 8. The smallest absolute Gasteiger partial charge is 0.372 e. The van der Waals surface area contributed by atoms with Crippen molar-refractivity contribution >= 4 is 17.6 Å². The number of rotatable bonds is 10. The number of halogens is 3. The average Bonchev–Trinajstić information content (AvgIpc) is 1.64. The number of anilines is 2. The van der Waals surface area contributed by atoms with Gasteiger partial charge >= 0.3 is 6.18 Å². The highest BCUT2D eigenvalue weighted by Crippen LogP contribution is 2.35. The number of piperidine rings is 2. The summed E-state index contributed by atoms with van der Waals surface area (Å²) in [5, 5.41) is 0. The van der Waals surface area contributed by atoms with Crippen LogP contribution in [0.5, 0.6) is 0 Å². The predicted octanol–water partition coefficient (Wildman–Crippen LogP) is 30.0. The number of allylic oxidation sites excluding steroid dienone is 1. The van der Waals surface area contributed by atoms with E-state index in [1.807, 2.05) is 63.9 Å². The van der Waals surface area contributed by atoms with Gasteiger partial charge in [0.05, 0.1) is 0 Å². The minimum absolute atomic E-state index is 0. The molecule has 1 aliphatic carbocycles. The normalized spacial score (nSPS) is 13.8. The van der Waals surface area contributed by atoms with E-state index in [0.29, 0.717) is 11.6 Å². The summed E-state index contributed by atoms with van der Waals surface area (Å²) in [4.78, 5) is 31.0. The van der Waals surface area contributed by atoms with Gasteiger partial charge in [-0.2, -0.15) is 13.2 Å². The van der Waals surface area contributed by atoms with Crippen LogP contribution in [-0.2, 0) is 80.8 Å². The molecule has 120 heavy (non-hydrogen) atoms. The first-order chi connectivity index (χ1) is 55.1. The average molecular weight is 1640 g/mol. The van der Waals surface area contributed by atoms with Gasteiger partial charge in [-0.15, -0.1) is 0 Å². The topological polar surface area (TPSA) is 83.8 Å². The van der Waals surface area contributed by atoms with Crippen LogP contribution in [-0.4, -0.2) is 62.3 Å². The van der Waals surface area contributed by atoms with Crippen LogP contribution in [0.15, 0.2) is 189 Å². The van der Waals surface area contributed by atoms with Gasteiger partial charge < -0.3 is 9.80 Å². The second-order valence-corrected chi connectivity index (χ2v) is 42.5. The molecule has 658 valence electrons. The monoisotopic (exact) mass is 1640 g/mol. The van der Waals surface area contributed by atoms with Gasteiger partial charge in [-0.05, 0) is 260 Å². The molecule has 8 nitrogen and oxygen atoms in total. The fourth-order valence-corrected chi connectivity index (χ4v) is 13.8. The summed E-state index contributed by atoms with van der Waals surface area (Å²) >= 11 is 0. The number of fused-ring (bicyclic) bond motifs is 1. The molecule has 0 saturated carbocycles. The first-order valence-electron chi connectivity index (χ1n) is 44.4. The van der Waals surface area contributed by atoms with E-state index in [0.717, 1.165) is 42.8 Å². The van der Waals surface area contributed by atoms with E-state index in [9.17, 15) is 13.2 Å². The zero-order valence-electron chi connectivity index (χ0n) is 79.8. The summed E-state index contributed by atoms with van der Waals surface area (Å²) in [6.45, 7) is 71.3. The zero-order chi connectivity index (χ0) is 89.0. The van der Waals surface area contributed by atoms with Crippen LogP contribution in [0.4, 0.5) is 24.7 Å². The Morgan fingerprint density at radius 2 is 0.750 bits per heavy atom. The molecule has 2 saturated heterocycles. The second-order valence-electron chi connectivity index (χ2n) is 42.5. The third-order valence-electron chi connectivity index (χ3n) is 21.5. The predicted molar refractivity (Wildman–Crippen MR) is 514 cm³/mol. The van der Waals surface area contributed by atoms with Gasteiger partial charge in [-0.3, -0.25) is 24.9 Å². The van der Waals surface area contributed by atoms with E-state index in [1.165, 1.54) is 150 Å². The highest BCUT2D eigenvalue weighted by Gasteiger charge is 2.28. The van der Waals surface area contributed by atoms with Crippen LogP contribution in [0.1, 0.15) is 356 Å². The molecule has 0 amide bonds. The molecule has 0 radical (unpaired) electrons. The molecule has 0 unspecified atom stereocenters. The molecule has 0 bridgehead atoms. The second kappa shape index (κ2) is 46.3. The number of alkyl halides is 3. The first-order valence-corrected chi connectivity index (χ1v) is 44.4. The van der Waals surface area contributed by atoms with Crippen LogP contribution >= 0.6 is 0 Å². The van der Waals surface area contributed by atoms with Crippen LogP contribution in [0, 0.1) is 5.92 Å². The molecule has 6 aromatic heterocycles. The minimum atomic E-state index is -4.11. The van der Waals surface area contributed by atoms with Crippen LogP contribution in [0.3, 0.4) is 0 Å². The highest BCUT2D eigenvalue weighted by atomic mass is 19.4. The number of nitrogens with zero attached hydrogens (tertiary/aromatic N) is 8. The number of aromatic nitrogens is 6. The highest BCUT2D eigenvalue weighted by molar-refractivity contribution is 5.64. The van der Waals surface area contributed by atoms with Gasteiger partial charge in [0, 0.05) is 116 Å². The Hall–Kier alpha value is -8.31. The van der Waals surface area contributed by atoms with E-state index in [-0.39, 0.29) is 62.6 Å². The molecule has 3 aliphatic rings. The van der Waals surface area contributed by atoms with Crippen LogP contribution in [0.2, 0.25) is 0 Å². The Balaban J connectivity index is 0.000000288. The zero-order valence-corrected chi connectivity index (χ0v) is 79.8. The fraction of sp³-hybridized carbons (Fsp3) is 0.541.